The summed E-state index contributed by atoms with van der Waals surface area (Å²) >= 11 is 1.85. The molecule has 0 aromatic carbocycles. The Morgan fingerprint density at radius 2 is 2.20 bits per heavy atom. The van der Waals surface area contributed by atoms with Crippen LogP contribution in [0, 0.1) is 9.85 Å². The van der Waals surface area contributed by atoms with Gasteiger partial charge in [0.1, 0.15) is 0 Å². The Hall–Kier alpha value is -1.27. The molecule has 20 heavy (non-hydrogen) atoms. The predicted octanol–water partition coefficient (Wildman–Crippen LogP) is 1.02. The maximum atomic E-state index is 11.9. The molecule has 110 valence electrons. The van der Waals surface area contributed by atoms with Crippen LogP contribution in [0.25, 0.3) is 0 Å². The summed E-state index contributed by atoms with van der Waals surface area (Å²) in [6.07, 6.45) is 1.40. The summed E-state index contributed by atoms with van der Waals surface area (Å²) < 4.78 is 7.55. The van der Waals surface area contributed by atoms with E-state index in [0.717, 1.165) is 0 Å². The van der Waals surface area contributed by atoms with Crippen molar-refractivity contribution in [3.8, 4) is 9.85 Å². The highest BCUT2D eigenvalue weighted by atomic mass is 127. The number of halogens is 1. The van der Waals surface area contributed by atoms with Crippen molar-refractivity contribution in [3.63, 3.8) is 0 Å². The van der Waals surface area contributed by atoms with Crippen LogP contribution in [0.2, 0.25) is 0 Å². The van der Waals surface area contributed by atoms with Crippen LogP contribution in [0.4, 0.5) is 0 Å². The lowest BCUT2D eigenvalue weighted by atomic mass is 10.0. The van der Waals surface area contributed by atoms with Crippen molar-refractivity contribution in [2.75, 3.05) is 6.61 Å². The molecule has 1 aliphatic rings. The zero-order valence-electron chi connectivity index (χ0n) is 11.8. The molecule has 2 N–H and O–H groups in total. The molecular weight excluding hydrogens is 375 g/mol. The molecule has 0 aliphatic carbocycles. The smallest absolute Gasteiger partial charge is 0.334 e. The van der Waals surface area contributed by atoms with Crippen LogP contribution < -0.4 is 10.8 Å². The Bertz CT molecular complexity index is 499. The molecule has 0 bridgehead atoms. The molecule has 1 rings (SSSR count). The van der Waals surface area contributed by atoms with Gasteiger partial charge in [-0.2, -0.15) is 0 Å². The molecule has 0 fully saturated rings. The highest BCUT2D eigenvalue weighted by molar-refractivity contribution is 14.1. The van der Waals surface area contributed by atoms with E-state index in [2.05, 4.69) is 20.6 Å². The first kappa shape index (κ1) is 16.8. The molecule has 1 unspecified atom stereocenters. The van der Waals surface area contributed by atoms with Crippen LogP contribution in [0.3, 0.4) is 0 Å². The average molecular weight is 392 g/mol. The van der Waals surface area contributed by atoms with Gasteiger partial charge in [0, 0.05) is 34.2 Å². The molecule has 0 saturated carbocycles. The number of carbonyl (C=O) groups excluding carboxylic acids is 2. The summed E-state index contributed by atoms with van der Waals surface area (Å²) in [4.78, 5) is 28.9. The summed E-state index contributed by atoms with van der Waals surface area (Å²) in [6.45, 7) is 7.11. The molecule has 0 saturated heterocycles. The fourth-order valence-electron chi connectivity index (χ4n) is 1.38. The van der Waals surface area contributed by atoms with Gasteiger partial charge < -0.3 is 14.9 Å². The minimum Gasteiger partial charge on any atom is -0.451 e. The van der Waals surface area contributed by atoms with E-state index in [-0.39, 0.29) is 12.4 Å². The van der Waals surface area contributed by atoms with Gasteiger partial charge in [0.05, 0.1) is 0 Å². The molecule has 6 nitrogen and oxygen atoms in total. The number of ether oxygens (including phenoxy) is 1. The van der Waals surface area contributed by atoms with Crippen LogP contribution in [0.5, 0.6) is 0 Å². The van der Waals surface area contributed by atoms with E-state index < -0.39 is 23.0 Å². The Balaban J connectivity index is 2.72. The Morgan fingerprint density at radius 1 is 1.55 bits per heavy atom. The lowest BCUT2D eigenvalue weighted by Gasteiger charge is -2.20. The van der Waals surface area contributed by atoms with Gasteiger partial charge in [-0.05, 0) is 31.6 Å². The number of esters is 1. The lowest BCUT2D eigenvalue weighted by molar-refractivity contribution is -0.150. The Labute approximate surface area is 131 Å². The van der Waals surface area contributed by atoms with E-state index in [4.69, 9.17) is 9.57 Å². The van der Waals surface area contributed by atoms with Gasteiger partial charge in [0.25, 0.3) is 5.91 Å². The molecule has 1 heterocycles. The molecule has 0 aromatic heterocycles. The van der Waals surface area contributed by atoms with E-state index in [0.29, 0.717) is 0 Å². The van der Waals surface area contributed by atoms with Gasteiger partial charge >= 0.3 is 5.97 Å². The number of nitrogens with one attached hydrogen (secondary N) is 2. The molecule has 1 amide bonds. The molecular formula is C13H17IN2O4. The summed E-state index contributed by atoms with van der Waals surface area (Å²) in [5, 5.41) is 2.74. The second kappa shape index (κ2) is 6.45. The lowest BCUT2D eigenvalue weighted by Crippen LogP contribution is -2.45. The van der Waals surface area contributed by atoms with E-state index >= 15 is 0 Å². The van der Waals surface area contributed by atoms with E-state index in [9.17, 15) is 9.59 Å². The van der Waals surface area contributed by atoms with Gasteiger partial charge in [0.2, 0.25) is 5.76 Å². The predicted molar refractivity (Wildman–Crippen MR) is 81.4 cm³/mol. The van der Waals surface area contributed by atoms with Gasteiger partial charge in [-0.25, -0.2) is 4.79 Å². The van der Waals surface area contributed by atoms with E-state index in [1.54, 1.807) is 6.92 Å². The number of hydrogen-bond donors (Lipinski definition) is 2. The minimum atomic E-state index is -1.20. The average Bonchev–Trinajstić information content (AvgIpc) is 2.71. The van der Waals surface area contributed by atoms with Crippen LogP contribution >= 0.6 is 22.6 Å². The normalized spacial score (nSPS) is 21.1. The van der Waals surface area contributed by atoms with Crippen molar-refractivity contribution < 1.29 is 19.2 Å². The van der Waals surface area contributed by atoms with Crippen LogP contribution in [0.15, 0.2) is 11.8 Å². The summed E-state index contributed by atoms with van der Waals surface area (Å²) in [6, 6.07) is 0. The maximum absolute atomic E-state index is 11.9. The standard InChI is InChI=1S/C13H17IN2O4/c1-12(2,3)15-10(17)9-8-13(4,16-20-9)11(18)19-7-5-6-14/h8,16H,7H2,1-4H3,(H,15,17). The first-order valence-corrected chi connectivity index (χ1v) is 7.01. The Kier molecular flexibility index (Phi) is 5.42. The molecule has 7 heteroatoms. The highest BCUT2D eigenvalue weighted by Crippen LogP contribution is 2.20. The van der Waals surface area contributed by atoms with Crippen molar-refractivity contribution in [2.24, 2.45) is 0 Å². The topological polar surface area (TPSA) is 76.7 Å². The first-order chi connectivity index (χ1) is 9.18. The summed E-state index contributed by atoms with van der Waals surface area (Å²) in [7, 11) is 0. The third kappa shape index (κ3) is 4.68. The summed E-state index contributed by atoms with van der Waals surface area (Å²) in [5.41, 5.74) is 0.909. The second-order valence-corrected chi connectivity index (χ2v) is 6.01. The van der Waals surface area contributed by atoms with Gasteiger partial charge in [-0.1, -0.05) is 5.92 Å². The SMILES string of the molecule is CC(C)(C)NC(=O)C1=CC(C)(C(=O)OCC#CI)NO1. The first-order valence-electron chi connectivity index (χ1n) is 5.93. The van der Waals surface area contributed by atoms with Crippen LogP contribution in [-0.2, 0) is 19.2 Å². The quantitative estimate of drug-likeness (QED) is 0.426. The van der Waals surface area contributed by atoms with Crippen LogP contribution in [0.1, 0.15) is 27.7 Å². The largest absolute Gasteiger partial charge is 0.451 e. The number of rotatable bonds is 3. The van der Waals surface area contributed by atoms with Crippen molar-refractivity contribution in [3.05, 3.63) is 11.8 Å². The van der Waals surface area contributed by atoms with Crippen molar-refractivity contribution >= 4 is 34.5 Å². The number of hydrogen-bond acceptors (Lipinski definition) is 5. The van der Waals surface area contributed by atoms with Crippen LogP contribution in [-0.4, -0.2) is 29.6 Å². The summed E-state index contributed by atoms with van der Waals surface area (Å²) in [5.74, 6) is 1.70. The highest BCUT2D eigenvalue weighted by Gasteiger charge is 2.41. The number of amides is 1. The minimum absolute atomic E-state index is 0.00357. The van der Waals surface area contributed by atoms with Crippen molar-refractivity contribution in [2.45, 2.75) is 38.8 Å². The van der Waals surface area contributed by atoms with Crippen molar-refractivity contribution in [1.82, 2.24) is 10.8 Å². The fourth-order valence-corrected chi connectivity index (χ4v) is 1.53. The number of hydroxylamine groups is 1. The van der Waals surface area contributed by atoms with E-state index in [1.165, 1.54) is 6.08 Å². The zero-order chi connectivity index (χ0) is 15.4. The maximum Gasteiger partial charge on any atom is 0.334 e. The second-order valence-electron chi connectivity index (χ2n) is 5.47. The zero-order valence-corrected chi connectivity index (χ0v) is 14.0. The third-order valence-corrected chi connectivity index (χ3v) is 2.65. The fraction of sp³-hybridized carbons (Fsp3) is 0.538. The molecule has 0 aromatic rings. The molecule has 1 aliphatic heterocycles. The van der Waals surface area contributed by atoms with Crippen molar-refractivity contribution in [1.29, 1.82) is 0 Å². The van der Waals surface area contributed by atoms with Gasteiger partial charge in [-0.3, -0.25) is 4.79 Å². The van der Waals surface area contributed by atoms with E-state index in [1.807, 2.05) is 43.4 Å². The molecule has 0 spiro atoms. The van der Waals surface area contributed by atoms with Gasteiger partial charge in [0.15, 0.2) is 12.1 Å². The Morgan fingerprint density at radius 3 is 2.75 bits per heavy atom. The molecule has 0 radical (unpaired) electrons. The molecule has 1 atom stereocenters. The number of carbonyl (C=O) groups is 2. The third-order valence-electron chi connectivity index (χ3n) is 2.27. The van der Waals surface area contributed by atoms with Gasteiger partial charge in [-0.15, -0.1) is 5.48 Å². The monoisotopic (exact) mass is 392 g/mol.